The third kappa shape index (κ3) is 40.9. The molecule has 0 fully saturated rings. The molecule has 0 aromatic carbocycles. The molecule has 17 atom stereocenters. The summed E-state index contributed by atoms with van der Waals surface area (Å²) in [6.45, 7) is 21.3. The van der Waals surface area contributed by atoms with Crippen molar-refractivity contribution in [2.45, 2.75) is 322 Å². The van der Waals surface area contributed by atoms with Gasteiger partial charge in [0, 0.05) is 0 Å². The first-order valence-corrected chi connectivity index (χ1v) is 41.2. The SMILES string of the molecule is CCCCC(NC(=O)[C@H](CC(C)C)NC(=O)[C@H](CO)NC(=O)[C@H](CO)NC(=O)C(CCCC)NC(=O)[C@@H](NC(=O)CN)[C@@H](C)CC)C(=O)N[C@@H](CCCCN)C(=O)N[C@@H](CCCCN)C(=O)N[C@@H](CC(C)C)C(=O)N[C@@H](CCCCN)C(=O)N[C@@H](CCCCN)C(=O)N[C@H](C(=O)N[C@H](C(=O)N[C@@H](C)C(N)=O)[C@@H](C)CC)[C@@H](C)CC. The average molecular weight is 1620 g/mol. The van der Waals surface area contributed by atoms with Gasteiger partial charge in [0.05, 0.1) is 19.8 Å². The fraction of sp³-hybridized carbons (Fsp3) is 0.805. The van der Waals surface area contributed by atoms with E-state index >= 15 is 0 Å². The second kappa shape index (κ2) is 59.4. The minimum absolute atomic E-state index is 0.00122. The molecule has 0 bridgehead atoms. The van der Waals surface area contributed by atoms with E-state index in [1.165, 1.54) is 6.92 Å². The summed E-state index contributed by atoms with van der Waals surface area (Å²) in [5, 5.41) is 58.0. The van der Waals surface area contributed by atoms with Crippen LogP contribution in [0.1, 0.15) is 238 Å². The topological polar surface area (TPSA) is 621 Å². The minimum atomic E-state index is -1.77. The lowest BCUT2D eigenvalue weighted by Crippen LogP contribution is -2.62. The van der Waals surface area contributed by atoms with Crippen molar-refractivity contribution in [3.63, 3.8) is 0 Å². The van der Waals surface area contributed by atoms with Crippen LogP contribution >= 0.6 is 0 Å². The molecule has 114 heavy (non-hydrogen) atoms. The molecule has 0 aliphatic heterocycles. The Labute approximate surface area is 674 Å². The lowest BCUT2D eigenvalue weighted by Gasteiger charge is -2.31. The Kier molecular flexibility index (Phi) is 55.1. The minimum Gasteiger partial charge on any atom is -0.394 e. The van der Waals surface area contributed by atoms with Crippen molar-refractivity contribution < 1.29 is 82.1 Å². The van der Waals surface area contributed by atoms with Crippen molar-refractivity contribution in [2.75, 3.05) is 45.9 Å². The normalized spacial score (nSPS) is 15.8. The number of nitrogens with one attached hydrogen (secondary N) is 14. The van der Waals surface area contributed by atoms with Gasteiger partial charge in [0.2, 0.25) is 88.6 Å². The van der Waals surface area contributed by atoms with Crippen LogP contribution < -0.4 is 109 Å². The molecule has 37 heteroatoms. The summed E-state index contributed by atoms with van der Waals surface area (Å²) >= 11 is 0. The third-order valence-corrected chi connectivity index (χ3v) is 20.0. The van der Waals surface area contributed by atoms with Crippen LogP contribution in [0.5, 0.6) is 0 Å². The monoisotopic (exact) mass is 1620 g/mol. The van der Waals surface area contributed by atoms with E-state index in [0.29, 0.717) is 96.3 Å². The maximum atomic E-state index is 14.8. The summed E-state index contributed by atoms with van der Waals surface area (Å²) in [7, 11) is 0. The largest absolute Gasteiger partial charge is 0.394 e. The molecule has 0 spiro atoms. The quantitative estimate of drug-likeness (QED) is 0.0277. The van der Waals surface area contributed by atoms with Crippen LogP contribution in [-0.2, 0) is 71.9 Å². The molecule has 0 aliphatic carbocycles. The molecule has 15 amide bonds. The van der Waals surface area contributed by atoms with Crippen LogP contribution in [0.15, 0.2) is 0 Å². The van der Waals surface area contributed by atoms with E-state index in [1.807, 2.05) is 20.8 Å². The van der Waals surface area contributed by atoms with Gasteiger partial charge in [0.15, 0.2) is 0 Å². The van der Waals surface area contributed by atoms with Gasteiger partial charge in [-0.2, -0.15) is 0 Å². The number of carbonyl (C=O) groups excluding carboxylic acids is 15. The first-order chi connectivity index (χ1) is 54.0. The van der Waals surface area contributed by atoms with E-state index in [2.05, 4.69) is 74.4 Å². The lowest BCUT2D eigenvalue weighted by atomic mass is 9.94. The van der Waals surface area contributed by atoms with Crippen LogP contribution in [0.4, 0.5) is 0 Å². The molecule has 656 valence electrons. The molecule has 0 heterocycles. The Morgan fingerprint density at radius 2 is 0.491 bits per heavy atom. The number of hydrogen-bond acceptors (Lipinski definition) is 22. The molecule has 28 N–H and O–H groups in total. The summed E-state index contributed by atoms with van der Waals surface area (Å²) in [6.07, 6.45) is 6.58. The summed E-state index contributed by atoms with van der Waals surface area (Å²) in [5.41, 5.74) is 34.4. The van der Waals surface area contributed by atoms with Crippen molar-refractivity contribution >= 4 is 88.6 Å². The van der Waals surface area contributed by atoms with E-state index in [1.54, 1.807) is 62.3 Å². The van der Waals surface area contributed by atoms with Crippen molar-refractivity contribution in [1.82, 2.24) is 74.4 Å². The maximum absolute atomic E-state index is 14.8. The second-order valence-electron chi connectivity index (χ2n) is 30.7. The van der Waals surface area contributed by atoms with E-state index in [0.717, 1.165) is 0 Å². The molecular weight excluding hydrogens is 1480 g/mol. The number of amides is 15. The highest BCUT2D eigenvalue weighted by Crippen LogP contribution is 2.18. The van der Waals surface area contributed by atoms with Crippen LogP contribution in [-0.4, -0.2) is 229 Å². The molecule has 0 saturated carbocycles. The van der Waals surface area contributed by atoms with E-state index in [-0.39, 0.29) is 95.3 Å². The highest BCUT2D eigenvalue weighted by Gasteiger charge is 2.40. The van der Waals surface area contributed by atoms with Crippen molar-refractivity contribution in [2.24, 2.45) is 64.0 Å². The van der Waals surface area contributed by atoms with Crippen molar-refractivity contribution in [3.8, 4) is 0 Å². The first kappa shape index (κ1) is 106. The smallest absolute Gasteiger partial charge is 0.245 e. The standard InChI is InChI=1S/C77H146N20O17/c1-14-19-29-50(88-72(109)57(40-45(8)9)92-73(110)58(42-98)94-74(111)59(43-99)93-69(106)51(30-20-15-2)90-76(113)61(46(10)16-3)95-60(100)41-82)65(102)85-52(31-21-25-35-78)66(103)86-54(33-23-27-37-80)68(105)91-56(39-44(6)7)71(108)89-53(32-22-26-36-79)67(104)87-55(34-24-28-38-81)70(107)96-63(48(12)18-5)77(114)97-62(47(11)17-4)75(112)84-49(13)64(83)101/h44-59,61-63,98-99H,14-43,78-82H2,1-13H3,(H2,83,101)(H,84,112)(H,85,102)(H,86,103)(H,87,104)(H,88,109)(H,89,108)(H,90,113)(H,91,105)(H,92,110)(H,93,106)(H,94,111)(H,95,100)(H,96,107)(H,97,114)/t46-,47-,48-,49-,50?,51?,52-,53-,54-,55-,56-,57-,58-,59-,61-,62-,63-/m0/s1. The van der Waals surface area contributed by atoms with Crippen LogP contribution in [0.25, 0.3) is 0 Å². The Hall–Kier alpha value is -8.23. The Morgan fingerprint density at radius 3 is 0.746 bits per heavy atom. The number of unbranched alkanes of at least 4 members (excludes halogenated alkanes) is 6. The third-order valence-electron chi connectivity index (χ3n) is 20.0. The van der Waals surface area contributed by atoms with Gasteiger partial charge in [-0.25, -0.2) is 0 Å². The number of hydrogen-bond donors (Lipinski definition) is 22. The molecule has 0 saturated heterocycles. The van der Waals surface area contributed by atoms with Gasteiger partial charge >= 0.3 is 0 Å². The van der Waals surface area contributed by atoms with Gasteiger partial charge in [0.1, 0.15) is 84.6 Å². The van der Waals surface area contributed by atoms with Gasteiger partial charge < -0.3 is 119 Å². The second-order valence-corrected chi connectivity index (χ2v) is 30.7. The van der Waals surface area contributed by atoms with Gasteiger partial charge in [-0.15, -0.1) is 0 Å². The fourth-order valence-electron chi connectivity index (χ4n) is 12.1. The molecule has 0 aromatic heterocycles. The fourth-order valence-corrected chi connectivity index (χ4v) is 12.1. The number of carbonyl (C=O) groups is 15. The molecule has 0 aliphatic rings. The van der Waals surface area contributed by atoms with Crippen molar-refractivity contribution in [3.05, 3.63) is 0 Å². The average Bonchev–Trinajstić information content (AvgIpc) is 0.852. The zero-order chi connectivity index (χ0) is 86.7. The predicted octanol–water partition coefficient (Wildman–Crippen LogP) is -2.65. The molecule has 37 nitrogen and oxygen atoms in total. The number of aliphatic hydroxyl groups excluding tert-OH is 2. The summed E-state index contributed by atoms with van der Waals surface area (Å²) in [4.78, 5) is 209. The van der Waals surface area contributed by atoms with E-state index in [9.17, 15) is 82.1 Å². The number of rotatable bonds is 63. The van der Waals surface area contributed by atoms with Gasteiger partial charge in [-0.1, -0.05) is 128 Å². The molecule has 2 unspecified atom stereocenters. The zero-order valence-electron chi connectivity index (χ0n) is 70.2. The number of primary amides is 1. The molecule has 0 rings (SSSR count). The first-order valence-electron chi connectivity index (χ1n) is 41.2. The summed E-state index contributed by atoms with van der Waals surface area (Å²) < 4.78 is 0. The lowest BCUT2D eigenvalue weighted by molar-refractivity contribution is -0.137. The zero-order valence-corrected chi connectivity index (χ0v) is 70.2. The maximum Gasteiger partial charge on any atom is 0.245 e. The van der Waals surface area contributed by atoms with Crippen LogP contribution in [0.2, 0.25) is 0 Å². The highest BCUT2D eigenvalue weighted by atomic mass is 16.3. The Morgan fingerprint density at radius 1 is 0.272 bits per heavy atom. The predicted molar refractivity (Wildman–Crippen MR) is 433 cm³/mol. The summed E-state index contributed by atoms with van der Waals surface area (Å²) in [6, 6.07) is -18.5. The van der Waals surface area contributed by atoms with Crippen molar-refractivity contribution in [1.29, 1.82) is 0 Å². The molecule has 0 aromatic rings. The van der Waals surface area contributed by atoms with Gasteiger partial charge in [0.25, 0.3) is 0 Å². The summed E-state index contributed by atoms with van der Waals surface area (Å²) in [5.74, 6) is -13.8. The number of aliphatic hydroxyl groups is 2. The van der Waals surface area contributed by atoms with Gasteiger partial charge in [-0.3, -0.25) is 71.9 Å². The Bertz CT molecular complexity index is 2970. The van der Waals surface area contributed by atoms with E-state index < -0.39 is 205 Å². The van der Waals surface area contributed by atoms with Gasteiger partial charge in [-0.05, 0) is 165 Å². The number of nitrogens with two attached hydrogens (primary N) is 6. The van der Waals surface area contributed by atoms with Crippen LogP contribution in [0, 0.1) is 29.6 Å². The van der Waals surface area contributed by atoms with E-state index in [4.69, 9.17) is 34.4 Å². The molecule has 0 radical (unpaired) electrons. The molecular formula is C77H146N20O17. The van der Waals surface area contributed by atoms with Crippen LogP contribution in [0.3, 0.4) is 0 Å². The highest BCUT2D eigenvalue weighted by molar-refractivity contribution is 6.00. The Balaban J connectivity index is 7.19.